The highest BCUT2D eigenvalue weighted by Crippen LogP contribution is 2.36. The molecular weight excluding hydrogens is 222 g/mol. The van der Waals surface area contributed by atoms with Gasteiger partial charge in [0.15, 0.2) is 11.5 Å². The minimum Gasteiger partial charge on any atom is -0.504 e. The van der Waals surface area contributed by atoms with Crippen LogP contribution in [-0.2, 0) is 11.2 Å². The minimum atomic E-state index is -0.526. The van der Waals surface area contributed by atoms with Gasteiger partial charge in [-0.3, -0.25) is 4.79 Å². The number of hydrogen-bond acceptors (Lipinski definition) is 4. The fourth-order valence-electron chi connectivity index (χ4n) is 1.46. The Labute approximate surface area is 99.7 Å². The smallest absolute Gasteiger partial charge is 0.219 e. The van der Waals surface area contributed by atoms with E-state index < -0.39 is 5.75 Å². The van der Waals surface area contributed by atoms with Crippen LogP contribution in [0.4, 0.5) is 0 Å². The third kappa shape index (κ3) is 3.55. The van der Waals surface area contributed by atoms with Gasteiger partial charge >= 0.3 is 0 Å². The summed E-state index contributed by atoms with van der Waals surface area (Å²) in [4.78, 5) is 11.2. The van der Waals surface area contributed by atoms with E-state index in [1.54, 1.807) is 0 Å². The first-order valence-corrected chi connectivity index (χ1v) is 5.55. The maximum Gasteiger partial charge on any atom is 0.219 e. The molecule has 1 aromatic rings. The lowest BCUT2D eigenvalue weighted by atomic mass is 10.1. The van der Waals surface area contributed by atoms with Gasteiger partial charge in [-0.1, -0.05) is 13.0 Å². The second kappa shape index (κ2) is 5.98. The van der Waals surface area contributed by atoms with E-state index in [4.69, 9.17) is 5.11 Å². The van der Waals surface area contributed by atoms with Crippen LogP contribution in [0.2, 0.25) is 0 Å². The van der Waals surface area contributed by atoms with Crippen molar-refractivity contribution in [1.82, 2.24) is 5.32 Å². The largest absolute Gasteiger partial charge is 0.504 e. The Hall–Kier alpha value is -1.91. The third-order valence-electron chi connectivity index (χ3n) is 2.41. The highest BCUT2D eigenvalue weighted by Gasteiger charge is 2.10. The third-order valence-corrected chi connectivity index (χ3v) is 2.41. The summed E-state index contributed by atoms with van der Waals surface area (Å²) < 4.78 is 0. The lowest BCUT2D eigenvalue weighted by Gasteiger charge is -2.08. The summed E-state index contributed by atoms with van der Waals surface area (Å²) in [6, 6.07) is 2.81. The number of nitrogens with one attached hydrogen (secondary N) is 1. The van der Waals surface area contributed by atoms with Crippen molar-refractivity contribution >= 4 is 5.91 Å². The number of amides is 1. The zero-order chi connectivity index (χ0) is 12.8. The van der Waals surface area contributed by atoms with Gasteiger partial charge in [0.25, 0.3) is 0 Å². The molecule has 0 saturated carbocycles. The molecule has 4 N–H and O–H groups in total. The standard InChI is InChI=1S/C12H17NO4/c1-2-3-10(15)13-7-6-8-4-5-9(14)12(17)11(8)16/h4-5,14,16-17H,2-3,6-7H2,1H3,(H,13,15). The minimum absolute atomic E-state index is 0.0324. The number of benzene rings is 1. The molecule has 0 heterocycles. The highest BCUT2D eigenvalue weighted by molar-refractivity contribution is 5.75. The monoisotopic (exact) mass is 239 g/mol. The van der Waals surface area contributed by atoms with Crippen LogP contribution in [0.15, 0.2) is 12.1 Å². The molecule has 0 unspecified atom stereocenters. The van der Waals surface area contributed by atoms with Crippen LogP contribution >= 0.6 is 0 Å². The Bertz CT molecular complexity index is 404. The van der Waals surface area contributed by atoms with E-state index >= 15 is 0 Å². The lowest BCUT2D eigenvalue weighted by Crippen LogP contribution is -2.25. The summed E-state index contributed by atoms with van der Waals surface area (Å²) in [6.45, 7) is 2.31. The summed E-state index contributed by atoms with van der Waals surface area (Å²) in [5.41, 5.74) is 0.483. The average molecular weight is 239 g/mol. The molecular formula is C12H17NO4. The predicted octanol–water partition coefficient (Wildman–Crippen LogP) is 1.26. The van der Waals surface area contributed by atoms with Crippen molar-refractivity contribution in [2.45, 2.75) is 26.2 Å². The Balaban J connectivity index is 2.53. The summed E-state index contributed by atoms with van der Waals surface area (Å²) in [7, 11) is 0. The van der Waals surface area contributed by atoms with Crippen LogP contribution in [0.5, 0.6) is 17.2 Å². The van der Waals surface area contributed by atoms with Crippen molar-refractivity contribution < 1.29 is 20.1 Å². The number of rotatable bonds is 5. The number of hydrogen-bond donors (Lipinski definition) is 4. The van der Waals surface area contributed by atoms with Gasteiger partial charge in [0.05, 0.1) is 0 Å². The molecule has 0 saturated heterocycles. The molecule has 0 aliphatic rings. The van der Waals surface area contributed by atoms with E-state index in [1.165, 1.54) is 12.1 Å². The molecule has 1 amide bonds. The molecule has 0 aliphatic heterocycles. The molecule has 94 valence electrons. The van der Waals surface area contributed by atoms with E-state index in [9.17, 15) is 15.0 Å². The van der Waals surface area contributed by atoms with Crippen LogP contribution in [0, 0.1) is 0 Å². The maximum absolute atomic E-state index is 11.2. The molecule has 5 nitrogen and oxygen atoms in total. The van der Waals surface area contributed by atoms with Gasteiger partial charge in [-0.25, -0.2) is 0 Å². The van der Waals surface area contributed by atoms with Crippen molar-refractivity contribution in [3.63, 3.8) is 0 Å². The molecule has 1 aromatic carbocycles. The van der Waals surface area contributed by atoms with E-state index in [0.717, 1.165) is 6.42 Å². The predicted molar refractivity (Wildman–Crippen MR) is 63.1 cm³/mol. The van der Waals surface area contributed by atoms with E-state index in [-0.39, 0.29) is 17.4 Å². The van der Waals surface area contributed by atoms with Gasteiger partial charge in [-0.05, 0) is 24.5 Å². The van der Waals surface area contributed by atoms with Crippen molar-refractivity contribution in [3.8, 4) is 17.2 Å². The Morgan fingerprint density at radius 1 is 1.24 bits per heavy atom. The highest BCUT2D eigenvalue weighted by atomic mass is 16.3. The molecule has 0 radical (unpaired) electrons. The summed E-state index contributed by atoms with van der Waals surface area (Å²) >= 11 is 0. The summed E-state index contributed by atoms with van der Waals surface area (Å²) in [5, 5.41) is 30.6. The Morgan fingerprint density at radius 3 is 2.59 bits per heavy atom. The number of phenolic OH excluding ortho intramolecular Hbond substituents is 3. The first-order valence-electron chi connectivity index (χ1n) is 5.55. The average Bonchev–Trinajstić information content (AvgIpc) is 2.29. The van der Waals surface area contributed by atoms with Crippen LogP contribution in [0.25, 0.3) is 0 Å². The molecule has 0 bridgehead atoms. The van der Waals surface area contributed by atoms with Crippen LogP contribution in [0.3, 0.4) is 0 Å². The van der Waals surface area contributed by atoms with Crippen LogP contribution in [0.1, 0.15) is 25.3 Å². The first kappa shape index (κ1) is 13.2. The van der Waals surface area contributed by atoms with Crippen molar-refractivity contribution in [2.24, 2.45) is 0 Å². The first-order chi connectivity index (χ1) is 8.06. The normalized spacial score (nSPS) is 10.2. The molecule has 0 aliphatic carbocycles. The van der Waals surface area contributed by atoms with Crippen molar-refractivity contribution in [1.29, 1.82) is 0 Å². The SMILES string of the molecule is CCCC(=O)NCCc1ccc(O)c(O)c1O. The molecule has 17 heavy (non-hydrogen) atoms. The Morgan fingerprint density at radius 2 is 1.94 bits per heavy atom. The fraction of sp³-hybridized carbons (Fsp3) is 0.417. The van der Waals surface area contributed by atoms with Crippen LogP contribution in [-0.4, -0.2) is 27.8 Å². The molecule has 5 heteroatoms. The number of carbonyl (C=O) groups excluding carboxylic acids is 1. The molecule has 0 atom stereocenters. The van der Waals surface area contributed by atoms with E-state index in [0.29, 0.717) is 24.9 Å². The van der Waals surface area contributed by atoms with Crippen molar-refractivity contribution in [3.05, 3.63) is 17.7 Å². The topological polar surface area (TPSA) is 89.8 Å². The van der Waals surface area contributed by atoms with Gasteiger partial charge in [0.1, 0.15) is 0 Å². The van der Waals surface area contributed by atoms with Gasteiger partial charge in [0, 0.05) is 13.0 Å². The Kier molecular flexibility index (Phi) is 4.63. The molecule has 0 spiro atoms. The number of phenols is 3. The summed E-state index contributed by atoms with van der Waals surface area (Å²) in [6.07, 6.45) is 1.67. The number of aromatic hydroxyl groups is 3. The fourth-order valence-corrected chi connectivity index (χ4v) is 1.46. The zero-order valence-corrected chi connectivity index (χ0v) is 9.73. The maximum atomic E-state index is 11.2. The van der Waals surface area contributed by atoms with Crippen LogP contribution < -0.4 is 5.32 Å². The lowest BCUT2D eigenvalue weighted by molar-refractivity contribution is -0.121. The van der Waals surface area contributed by atoms with Gasteiger partial charge in [0.2, 0.25) is 11.7 Å². The second-order valence-electron chi connectivity index (χ2n) is 3.79. The van der Waals surface area contributed by atoms with E-state index in [1.807, 2.05) is 6.92 Å². The van der Waals surface area contributed by atoms with Gasteiger partial charge in [-0.2, -0.15) is 0 Å². The van der Waals surface area contributed by atoms with Crippen molar-refractivity contribution in [2.75, 3.05) is 6.54 Å². The summed E-state index contributed by atoms with van der Waals surface area (Å²) in [5.74, 6) is -1.26. The van der Waals surface area contributed by atoms with Gasteiger partial charge < -0.3 is 20.6 Å². The quantitative estimate of drug-likeness (QED) is 0.582. The second-order valence-corrected chi connectivity index (χ2v) is 3.79. The molecule has 0 aromatic heterocycles. The van der Waals surface area contributed by atoms with E-state index in [2.05, 4.69) is 5.32 Å². The molecule has 1 rings (SSSR count). The number of carbonyl (C=O) groups is 1. The molecule has 0 fully saturated rings. The zero-order valence-electron chi connectivity index (χ0n) is 9.73. The van der Waals surface area contributed by atoms with Gasteiger partial charge in [-0.15, -0.1) is 0 Å².